The number of likely N-dealkylation sites (tertiary alicyclic amines) is 1. The molecule has 1 N–H and O–H groups in total. The molecule has 2 heterocycles. The monoisotopic (exact) mass is 513 g/mol. The molecule has 0 aliphatic carbocycles. The van der Waals surface area contributed by atoms with E-state index in [0.29, 0.717) is 46.5 Å². The van der Waals surface area contributed by atoms with Crippen LogP contribution in [0.15, 0.2) is 35.9 Å². The van der Waals surface area contributed by atoms with Gasteiger partial charge in [0.2, 0.25) is 5.75 Å². The molecular formula is C27H31NO9. The highest BCUT2D eigenvalue weighted by Gasteiger charge is 2.47. The van der Waals surface area contributed by atoms with Gasteiger partial charge in [-0.3, -0.25) is 9.59 Å². The molecule has 2 aliphatic rings. The summed E-state index contributed by atoms with van der Waals surface area (Å²) in [7, 11) is 7.42. The molecule has 0 bridgehead atoms. The number of aliphatic hydroxyl groups is 1. The Hall–Kier alpha value is -3.92. The molecule has 2 fully saturated rings. The second kappa shape index (κ2) is 11.0. The van der Waals surface area contributed by atoms with Crippen LogP contribution in [-0.2, 0) is 14.3 Å². The maximum atomic E-state index is 13.4. The van der Waals surface area contributed by atoms with E-state index >= 15 is 0 Å². The number of hydrogen-bond acceptors (Lipinski definition) is 9. The number of benzene rings is 2. The number of rotatable bonds is 9. The molecule has 10 nitrogen and oxygen atoms in total. The van der Waals surface area contributed by atoms with E-state index < -0.39 is 17.7 Å². The fourth-order valence-corrected chi connectivity index (χ4v) is 4.82. The van der Waals surface area contributed by atoms with Gasteiger partial charge in [0.15, 0.2) is 23.0 Å². The summed E-state index contributed by atoms with van der Waals surface area (Å²) in [6, 6.07) is 7.17. The predicted molar refractivity (Wildman–Crippen MR) is 134 cm³/mol. The lowest BCUT2D eigenvalue weighted by molar-refractivity contribution is -0.140. The number of amides is 1. The number of ketones is 1. The van der Waals surface area contributed by atoms with E-state index in [2.05, 4.69) is 0 Å². The third-order valence-corrected chi connectivity index (χ3v) is 6.62. The Morgan fingerprint density at radius 2 is 1.57 bits per heavy atom. The van der Waals surface area contributed by atoms with Gasteiger partial charge in [-0.2, -0.15) is 0 Å². The van der Waals surface area contributed by atoms with Crippen molar-refractivity contribution in [2.24, 2.45) is 0 Å². The van der Waals surface area contributed by atoms with Crippen molar-refractivity contribution in [3.8, 4) is 28.7 Å². The molecule has 2 unspecified atom stereocenters. The van der Waals surface area contributed by atoms with E-state index in [9.17, 15) is 14.7 Å². The van der Waals surface area contributed by atoms with Crippen molar-refractivity contribution in [2.75, 3.05) is 48.7 Å². The van der Waals surface area contributed by atoms with Crippen LogP contribution in [0.2, 0.25) is 0 Å². The molecule has 4 rings (SSSR count). The molecule has 37 heavy (non-hydrogen) atoms. The minimum absolute atomic E-state index is 0.0653. The third kappa shape index (κ3) is 4.76. The van der Waals surface area contributed by atoms with Gasteiger partial charge in [0.05, 0.1) is 53.3 Å². The van der Waals surface area contributed by atoms with Crippen molar-refractivity contribution in [3.63, 3.8) is 0 Å². The standard InChI is InChI=1S/C27H31NO9/c1-32-18-9-8-15(11-19(18)33-2)24(29)22-23(16-12-20(34-3)26(36-5)21(13-16)35-4)28(27(31)25(22)30)14-17-7-6-10-37-17/h8-9,11-13,17,23,29H,6-7,10,14H2,1-5H3/b24-22+. The zero-order valence-corrected chi connectivity index (χ0v) is 21.5. The molecule has 10 heteroatoms. The van der Waals surface area contributed by atoms with E-state index in [1.807, 2.05) is 0 Å². The largest absolute Gasteiger partial charge is 0.507 e. The summed E-state index contributed by atoms with van der Waals surface area (Å²) in [5, 5.41) is 11.4. The Bertz CT molecular complexity index is 1190. The number of carbonyl (C=O) groups excluding carboxylic acids is 2. The smallest absolute Gasteiger partial charge is 0.295 e. The minimum Gasteiger partial charge on any atom is -0.507 e. The van der Waals surface area contributed by atoms with Crippen molar-refractivity contribution in [1.29, 1.82) is 0 Å². The molecule has 2 atom stereocenters. The van der Waals surface area contributed by atoms with E-state index in [4.69, 9.17) is 28.4 Å². The summed E-state index contributed by atoms with van der Waals surface area (Å²) in [5.41, 5.74) is 0.739. The van der Waals surface area contributed by atoms with Crippen LogP contribution >= 0.6 is 0 Å². The SMILES string of the molecule is COc1ccc(/C(O)=C2\C(=O)C(=O)N(CC3CCCO3)C2c2cc(OC)c(OC)c(OC)c2)cc1OC. The summed E-state index contributed by atoms with van der Waals surface area (Å²) >= 11 is 0. The molecule has 0 spiro atoms. The average molecular weight is 514 g/mol. The first-order chi connectivity index (χ1) is 17.9. The summed E-state index contributed by atoms with van der Waals surface area (Å²) in [6.07, 6.45) is 1.42. The van der Waals surface area contributed by atoms with Gasteiger partial charge in [-0.05, 0) is 48.7 Å². The van der Waals surface area contributed by atoms with Crippen molar-refractivity contribution in [3.05, 3.63) is 47.0 Å². The van der Waals surface area contributed by atoms with Crippen LogP contribution in [0.1, 0.15) is 30.0 Å². The van der Waals surface area contributed by atoms with E-state index in [-0.39, 0.29) is 24.0 Å². The number of nitrogens with zero attached hydrogens (tertiary/aromatic N) is 1. The Labute approximate surface area is 215 Å². The molecule has 2 aliphatic heterocycles. The second-order valence-electron chi connectivity index (χ2n) is 8.61. The third-order valence-electron chi connectivity index (χ3n) is 6.62. The van der Waals surface area contributed by atoms with Crippen LogP contribution in [0.3, 0.4) is 0 Å². The molecule has 2 aromatic carbocycles. The van der Waals surface area contributed by atoms with Gasteiger partial charge in [-0.1, -0.05) is 0 Å². The van der Waals surface area contributed by atoms with E-state index in [1.54, 1.807) is 30.3 Å². The predicted octanol–water partition coefficient (Wildman–Crippen LogP) is 3.33. The zero-order valence-electron chi connectivity index (χ0n) is 21.5. The van der Waals surface area contributed by atoms with Crippen molar-refractivity contribution in [2.45, 2.75) is 25.0 Å². The average Bonchev–Trinajstić information content (AvgIpc) is 3.53. The first kappa shape index (κ1) is 26.2. The normalized spacial score (nSPS) is 20.7. The lowest BCUT2D eigenvalue weighted by atomic mass is 9.94. The lowest BCUT2D eigenvalue weighted by Gasteiger charge is -2.28. The first-order valence-corrected chi connectivity index (χ1v) is 11.8. The van der Waals surface area contributed by atoms with Crippen molar-refractivity contribution < 1.29 is 43.1 Å². The van der Waals surface area contributed by atoms with Gasteiger partial charge in [-0.15, -0.1) is 0 Å². The number of Topliss-reactive ketones (excluding diaryl/α,β-unsaturated/α-hetero) is 1. The van der Waals surface area contributed by atoms with Crippen LogP contribution in [0.5, 0.6) is 28.7 Å². The quantitative estimate of drug-likeness (QED) is 0.306. The van der Waals surface area contributed by atoms with E-state index in [0.717, 1.165) is 12.8 Å². The fourth-order valence-electron chi connectivity index (χ4n) is 4.82. The van der Waals surface area contributed by atoms with Crippen LogP contribution in [0.4, 0.5) is 0 Å². The summed E-state index contributed by atoms with van der Waals surface area (Å²) in [4.78, 5) is 28.2. The summed E-state index contributed by atoms with van der Waals surface area (Å²) in [5.74, 6) is 0.0257. The van der Waals surface area contributed by atoms with Crippen LogP contribution in [0, 0.1) is 0 Å². The number of ether oxygens (including phenoxy) is 6. The number of aliphatic hydroxyl groups excluding tert-OH is 1. The van der Waals surface area contributed by atoms with Crippen LogP contribution in [-0.4, -0.2) is 76.5 Å². The van der Waals surface area contributed by atoms with Gasteiger partial charge in [0.25, 0.3) is 11.7 Å². The Kier molecular flexibility index (Phi) is 7.77. The highest BCUT2D eigenvalue weighted by atomic mass is 16.5. The van der Waals surface area contributed by atoms with Crippen LogP contribution < -0.4 is 23.7 Å². The zero-order chi connectivity index (χ0) is 26.7. The topological polar surface area (TPSA) is 113 Å². The van der Waals surface area contributed by atoms with E-state index in [1.165, 1.54) is 40.4 Å². The maximum absolute atomic E-state index is 13.4. The molecule has 1 amide bonds. The Morgan fingerprint density at radius 3 is 2.11 bits per heavy atom. The Morgan fingerprint density at radius 1 is 0.919 bits per heavy atom. The summed E-state index contributed by atoms with van der Waals surface area (Å²) in [6.45, 7) is 0.781. The molecule has 0 radical (unpaired) electrons. The van der Waals surface area contributed by atoms with Gasteiger partial charge in [0, 0.05) is 18.7 Å². The lowest BCUT2D eigenvalue weighted by Crippen LogP contribution is -2.36. The highest BCUT2D eigenvalue weighted by Crippen LogP contribution is 2.46. The van der Waals surface area contributed by atoms with Crippen LogP contribution in [0.25, 0.3) is 5.76 Å². The second-order valence-corrected chi connectivity index (χ2v) is 8.61. The van der Waals surface area contributed by atoms with Gasteiger partial charge < -0.3 is 38.4 Å². The van der Waals surface area contributed by atoms with Crippen molar-refractivity contribution >= 4 is 17.4 Å². The minimum atomic E-state index is -0.925. The molecule has 198 valence electrons. The molecule has 2 saturated heterocycles. The fraction of sp³-hybridized carbons (Fsp3) is 0.407. The Balaban J connectivity index is 1.92. The van der Waals surface area contributed by atoms with Gasteiger partial charge in [0.1, 0.15) is 5.76 Å². The number of hydrogen-bond donors (Lipinski definition) is 1. The molecular weight excluding hydrogens is 482 g/mol. The number of carbonyl (C=O) groups is 2. The highest BCUT2D eigenvalue weighted by molar-refractivity contribution is 6.46. The number of methoxy groups -OCH3 is 5. The van der Waals surface area contributed by atoms with Gasteiger partial charge >= 0.3 is 0 Å². The molecule has 0 aromatic heterocycles. The molecule has 2 aromatic rings. The summed E-state index contributed by atoms with van der Waals surface area (Å²) < 4.78 is 32.9. The van der Waals surface area contributed by atoms with Crippen molar-refractivity contribution in [1.82, 2.24) is 4.90 Å². The maximum Gasteiger partial charge on any atom is 0.295 e. The molecule has 0 saturated carbocycles. The first-order valence-electron chi connectivity index (χ1n) is 11.8. The van der Waals surface area contributed by atoms with Gasteiger partial charge in [-0.25, -0.2) is 0 Å².